The van der Waals surface area contributed by atoms with E-state index in [9.17, 15) is 9.59 Å². The smallest absolute Gasteiger partial charge is 0.223 e. The maximum atomic E-state index is 11.4. The molecule has 1 aliphatic heterocycles. The van der Waals surface area contributed by atoms with Crippen LogP contribution in [-0.4, -0.2) is 24.4 Å². The van der Waals surface area contributed by atoms with Gasteiger partial charge in [-0.05, 0) is 20.3 Å². The summed E-state index contributed by atoms with van der Waals surface area (Å²) in [6.45, 7) is 4.43. The first kappa shape index (κ1) is 10.0. The van der Waals surface area contributed by atoms with Gasteiger partial charge < -0.3 is 10.6 Å². The van der Waals surface area contributed by atoms with Gasteiger partial charge >= 0.3 is 0 Å². The molecule has 0 aromatic rings. The molecule has 1 fully saturated rings. The SMILES string of the molecule is CCNC(=O)C1CC(=O)NC(C)C1. The summed E-state index contributed by atoms with van der Waals surface area (Å²) in [6.07, 6.45) is 1.08. The Kier molecular flexibility index (Phi) is 3.28. The van der Waals surface area contributed by atoms with Gasteiger partial charge in [-0.2, -0.15) is 0 Å². The lowest BCUT2D eigenvalue weighted by Gasteiger charge is -2.26. The maximum absolute atomic E-state index is 11.4. The average Bonchev–Trinajstić information content (AvgIpc) is 2.03. The largest absolute Gasteiger partial charge is 0.356 e. The zero-order chi connectivity index (χ0) is 9.84. The molecule has 0 saturated carbocycles. The Morgan fingerprint density at radius 1 is 1.69 bits per heavy atom. The molecule has 13 heavy (non-hydrogen) atoms. The second-order valence-corrected chi connectivity index (χ2v) is 3.50. The molecule has 2 amide bonds. The molecule has 0 aromatic carbocycles. The van der Waals surface area contributed by atoms with E-state index in [2.05, 4.69) is 10.6 Å². The second kappa shape index (κ2) is 4.25. The summed E-state index contributed by atoms with van der Waals surface area (Å²) in [4.78, 5) is 22.5. The van der Waals surface area contributed by atoms with Crippen molar-refractivity contribution in [2.24, 2.45) is 5.92 Å². The number of rotatable bonds is 2. The number of carbonyl (C=O) groups excluding carboxylic acids is 2. The van der Waals surface area contributed by atoms with Gasteiger partial charge in [0.2, 0.25) is 11.8 Å². The first-order valence-electron chi connectivity index (χ1n) is 4.70. The van der Waals surface area contributed by atoms with Gasteiger partial charge in [-0.1, -0.05) is 0 Å². The summed E-state index contributed by atoms with van der Waals surface area (Å²) >= 11 is 0. The highest BCUT2D eigenvalue weighted by atomic mass is 16.2. The third-order valence-corrected chi connectivity index (χ3v) is 2.20. The van der Waals surface area contributed by atoms with Gasteiger partial charge in [0.25, 0.3) is 0 Å². The predicted octanol–water partition coefficient (Wildman–Crippen LogP) is 0.0372. The van der Waals surface area contributed by atoms with Crippen LogP contribution in [0.25, 0.3) is 0 Å². The van der Waals surface area contributed by atoms with Crippen LogP contribution in [-0.2, 0) is 9.59 Å². The molecule has 0 radical (unpaired) electrons. The van der Waals surface area contributed by atoms with Crippen LogP contribution in [0.4, 0.5) is 0 Å². The van der Waals surface area contributed by atoms with Gasteiger partial charge in [-0.15, -0.1) is 0 Å². The van der Waals surface area contributed by atoms with Gasteiger partial charge in [0, 0.05) is 24.9 Å². The molecule has 4 nitrogen and oxygen atoms in total. The van der Waals surface area contributed by atoms with Gasteiger partial charge in [0.1, 0.15) is 0 Å². The van der Waals surface area contributed by atoms with Gasteiger partial charge in [0.15, 0.2) is 0 Å². The van der Waals surface area contributed by atoms with E-state index in [0.29, 0.717) is 13.0 Å². The quantitative estimate of drug-likeness (QED) is 0.636. The fourth-order valence-electron chi connectivity index (χ4n) is 1.64. The fourth-order valence-corrected chi connectivity index (χ4v) is 1.64. The van der Waals surface area contributed by atoms with Crippen molar-refractivity contribution < 1.29 is 9.59 Å². The Labute approximate surface area is 78.1 Å². The van der Waals surface area contributed by atoms with E-state index in [0.717, 1.165) is 6.42 Å². The highest BCUT2D eigenvalue weighted by Gasteiger charge is 2.28. The molecule has 4 heteroatoms. The Morgan fingerprint density at radius 2 is 2.38 bits per heavy atom. The van der Waals surface area contributed by atoms with Crippen LogP contribution < -0.4 is 10.6 Å². The zero-order valence-corrected chi connectivity index (χ0v) is 8.09. The Hall–Kier alpha value is -1.06. The number of hydrogen-bond acceptors (Lipinski definition) is 2. The average molecular weight is 184 g/mol. The molecule has 0 aliphatic carbocycles. The lowest BCUT2D eigenvalue weighted by molar-refractivity contribution is -0.133. The van der Waals surface area contributed by atoms with E-state index in [4.69, 9.17) is 0 Å². The minimum absolute atomic E-state index is 0.00389. The summed E-state index contributed by atoms with van der Waals surface area (Å²) in [5.74, 6) is -0.150. The number of hydrogen-bond donors (Lipinski definition) is 2. The summed E-state index contributed by atoms with van der Waals surface area (Å²) in [5, 5.41) is 5.52. The van der Waals surface area contributed by atoms with E-state index >= 15 is 0 Å². The van der Waals surface area contributed by atoms with E-state index in [-0.39, 0.29) is 23.8 Å². The topological polar surface area (TPSA) is 58.2 Å². The van der Waals surface area contributed by atoms with Gasteiger partial charge in [0.05, 0.1) is 0 Å². The van der Waals surface area contributed by atoms with E-state index in [1.165, 1.54) is 0 Å². The second-order valence-electron chi connectivity index (χ2n) is 3.50. The zero-order valence-electron chi connectivity index (χ0n) is 8.09. The lowest BCUT2D eigenvalue weighted by atomic mass is 9.92. The molecule has 2 N–H and O–H groups in total. The van der Waals surface area contributed by atoms with Gasteiger partial charge in [-0.3, -0.25) is 9.59 Å². The van der Waals surface area contributed by atoms with Crippen molar-refractivity contribution in [3.05, 3.63) is 0 Å². The molecule has 1 aliphatic rings. The molecule has 74 valence electrons. The van der Waals surface area contributed by atoms with E-state index in [1.54, 1.807) is 0 Å². The minimum Gasteiger partial charge on any atom is -0.356 e. The Bertz CT molecular complexity index is 216. The van der Waals surface area contributed by atoms with Crippen LogP contribution in [0.3, 0.4) is 0 Å². The third-order valence-electron chi connectivity index (χ3n) is 2.20. The summed E-state index contributed by atoms with van der Waals surface area (Å²) in [7, 11) is 0. The number of carbonyl (C=O) groups is 2. The summed E-state index contributed by atoms with van der Waals surface area (Å²) in [5.41, 5.74) is 0. The standard InChI is InChI=1S/C9H16N2O2/c1-3-10-9(13)7-4-6(2)11-8(12)5-7/h6-7H,3-5H2,1-2H3,(H,10,13)(H,11,12). The number of piperidine rings is 1. The molecule has 1 saturated heterocycles. The van der Waals surface area contributed by atoms with Crippen molar-refractivity contribution in [3.63, 3.8) is 0 Å². The van der Waals surface area contributed by atoms with Crippen molar-refractivity contribution >= 4 is 11.8 Å². The molecule has 0 bridgehead atoms. The minimum atomic E-state index is -0.135. The van der Waals surface area contributed by atoms with E-state index in [1.807, 2.05) is 13.8 Å². The third kappa shape index (κ3) is 2.72. The van der Waals surface area contributed by atoms with Crippen molar-refractivity contribution in [3.8, 4) is 0 Å². The van der Waals surface area contributed by atoms with Crippen molar-refractivity contribution in [2.75, 3.05) is 6.54 Å². The van der Waals surface area contributed by atoms with E-state index < -0.39 is 0 Å². The van der Waals surface area contributed by atoms with Crippen LogP contribution in [0.1, 0.15) is 26.7 Å². The monoisotopic (exact) mass is 184 g/mol. The first-order valence-corrected chi connectivity index (χ1v) is 4.70. The van der Waals surface area contributed by atoms with Crippen molar-refractivity contribution in [1.82, 2.24) is 10.6 Å². The molecule has 2 atom stereocenters. The lowest BCUT2D eigenvalue weighted by Crippen LogP contribution is -2.45. The highest BCUT2D eigenvalue weighted by Crippen LogP contribution is 2.16. The normalized spacial score (nSPS) is 28.0. The van der Waals surface area contributed by atoms with Crippen LogP contribution >= 0.6 is 0 Å². The molecule has 0 spiro atoms. The predicted molar refractivity (Wildman–Crippen MR) is 49.0 cm³/mol. The molecule has 2 unspecified atom stereocenters. The highest BCUT2D eigenvalue weighted by molar-refractivity contribution is 5.87. The first-order chi connectivity index (χ1) is 6.13. The number of amides is 2. The maximum Gasteiger partial charge on any atom is 0.223 e. The molecule has 1 rings (SSSR count). The van der Waals surface area contributed by atoms with Crippen LogP contribution in [0.15, 0.2) is 0 Å². The molecule has 0 aromatic heterocycles. The van der Waals surface area contributed by atoms with Gasteiger partial charge in [-0.25, -0.2) is 0 Å². The molecular formula is C9H16N2O2. The van der Waals surface area contributed by atoms with Crippen LogP contribution in [0, 0.1) is 5.92 Å². The summed E-state index contributed by atoms with van der Waals surface area (Å²) < 4.78 is 0. The Morgan fingerprint density at radius 3 is 2.92 bits per heavy atom. The Balaban J connectivity index is 2.49. The van der Waals surface area contributed by atoms with Crippen LogP contribution in [0.2, 0.25) is 0 Å². The van der Waals surface area contributed by atoms with Crippen molar-refractivity contribution in [2.45, 2.75) is 32.7 Å². The van der Waals surface area contributed by atoms with Crippen molar-refractivity contribution in [1.29, 1.82) is 0 Å². The summed E-state index contributed by atoms with van der Waals surface area (Å²) in [6, 6.07) is 0.119. The number of nitrogens with one attached hydrogen (secondary N) is 2. The fraction of sp³-hybridized carbons (Fsp3) is 0.778. The molecular weight excluding hydrogens is 168 g/mol. The molecule has 1 heterocycles. The van der Waals surface area contributed by atoms with Crippen LogP contribution in [0.5, 0.6) is 0 Å².